The third-order valence-corrected chi connectivity index (χ3v) is 6.22. The highest BCUT2D eigenvalue weighted by molar-refractivity contribution is 6.46. The molecule has 0 radical (unpaired) electrons. The number of hydrogen-bond acceptors (Lipinski definition) is 5. The van der Waals surface area contributed by atoms with E-state index >= 15 is 0 Å². The Hall–Kier alpha value is -4.32. The SMILES string of the molecule is CN(C)c1ccc(C2/C(=C(/O)c3cccc4ccccc34)C(=O)C(=O)N2Cc2ccco2)cc1. The van der Waals surface area contributed by atoms with Crippen molar-refractivity contribution in [3.05, 3.63) is 108 Å². The summed E-state index contributed by atoms with van der Waals surface area (Å²) in [5.74, 6) is -1.00. The molecule has 0 saturated carbocycles. The number of likely N-dealkylation sites (tertiary alicyclic amines) is 1. The van der Waals surface area contributed by atoms with Gasteiger partial charge in [0, 0.05) is 25.3 Å². The van der Waals surface area contributed by atoms with Gasteiger partial charge in [-0.05, 0) is 40.6 Å². The number of rotatable bonds is 5. The first-order valence-electron chi connectivity index (χ1n) is 11.0. The fourth-order valence-electron chi connectivity index (χ4n) is 4.49. The standard InChI is InChI=1S/C28H24N2O4/c1-29(2)20-14-12-19(13-15-20)25-24(27(32)28(33)30(25)17-21-9-6-16-34-21)26(31)23-11-5-8-18-7-3-4-10-22(18)23/h3-16,25,31H,17H2,1-2H3/b26-24-. The van der Waals surface area contributed by atoms with Crippen LogP contribution in [0.15, 0.2) is 95.1 Å². The fraction of sp³-hybridized carbons (Fsp3) is 0.143. The molecule has 0 aliphatic carbocycles. The van der Waals surface area contributed by atoms with E-state index in [1.165, 1.54) is 11.2 Å². The van der Waals surface area contributed by atoms with Crippen molar-refractivity contribution in [2.75, 3.05) is 19.0 Å². The number of carbonyl (C=O) groups excluding carboxylic acids is 2. The molecule has 1 amide bonds. The Kier molecular flexibility index (Phi) is 5.42. The zero-order chi connectivity index (χ0) is 23.8. The van der Waals surface area contributed by atoms with E-state index < -0.39 is 17.7 Å². The predicted molar refractivity (Wildman–Crippen MR) is 131 cm³/mol. The third-order valence-electron chi connectivity index (χ3n) is 6.22. The van der Waals surface area contributed by atoms with Crippen LogP contribution in [0.2, 0.25) is 0 Å². The second-order valence-electron chi connectivity index (χ2n) is 8.52. The van der Waals surface area contributed by atoms with Gasteiger partial charge in [0.2, 0.25) is 0 Å². The Bertz CT molecular complexity index is 1400. The Morgan fingerprint density at radius 2 is 1.68 bits per heavy atom. The van der Waals surface area contributed by atoms with Crippen molar-refractivity contribution in [1.29, 1.82) is 0 Å². The van der Waals surface area contributed by atoms with E-state index in [2.05, 4.69) is 0 Å². The van der Waals surface area contributed by atoms with Crippen LogP contribution in [0, 0.1) is 0 Å². The Morgan fingerprint density at radius 3 is 2.38 bits per heavy atom. The normalized spacial score (nSPS) is 17.5. The van der Waals surface area contributed by atoms with Crippen LogP contribution in [0.3, 0.4) is 0 Å². The van der Waals surface area contributed by atoms with Crippen molar-refractivity contribution in [2.45, 2.75) is 12.6 Å². The van der Waals surface area contributed by atoms with Gasteiger partial charge in [-0.1, -0.05) is 54.6 Å². The molecule has 5 rings (SSSR count). The fourth-order valence-corrected chi connectivity index (χ4v) is 4.49. The Labute approximate surface area is 197 Å². The topological polar surface area (TPSA) is 74.0 Å². The summed E-state index contributed by atoms with van der Waals surface area (Å²) in [5, 5.41) is 13.2. The molecule has 4 aromatic rings. The van der Waals surface area contributed by atoms with Crippen LogP contribution in [0.4, 0.5) is 5.69 Å². The summed E-state index contributed by atoms with van der Waals surface area (Å²) in [6, 6.07) is 23.6. The van der Waals surface area contributed by atoms with Gasteiger partial charge in [-0.15, -0.1) is 0 Å². The Morgan fingerprint density at radius 1 is 0.941 bits per heavy atom. The smallest absolute Gasteiger partial charge is 0.296 e. The molecule has 6 nitrogen and oxygen atoms in total. The highest BCUT2D eigenvalue weighted by Gasteiger charge is 2.46. The molecular weight excluding hydrogens is 428 g/mol. The number of benzene rings is 3. The van der Waals surface area contributed by atoms with Crippen molar-refractivity contribution in [2.24, 2.45) is 0 Å². The Balaban J connectivity index is 1.70. The summed E-state index contributed by atoms with van der Waals surface area (Å²) in [6.07, 6.45) is 1.53. The zero-order valence-electron chi connectivity index (χ0n) is 18.9. The summed E-state index contributed by atoms with van der Waals surface area (Å²) in [4.78, 5) is 29.9. The number of hydrogen-bond donors (Lipinski definition) is 1. The van der Waals surface area contributed by atoms with Gasteiger partial charge in [0.15, 0.2) is 0 Å². The van der Waals surface area contributed by atoms with E-state index in [0.717, 1.165) is 22.0 Å². The van der Waals surface area contributed by atoms with E-state index in [-0.39, 0.29) is 17.9 Å². The molecule has 34 heavy (non-hydrogen) atoms. The molecule has 3 aromatic carbocycles. The number of amides is 1. The molecule has 170 valence electrons. The molecule has 6 heteroatoms. The number of Topliss-reactive ketones (excluding diaryl/α,β-unsaturated/α-hetero) is 1. The average Bonchev–Trinajstić information content (AvgIpc) is 3.46. The summed E-state index contributed by atoms with van der Waals surface area (Å²) in [7, 11) is 3.89. The molecule has 1 atom stereocenters. The van der Waals surface area contributed by atoms with Gasteiger partial charge in [-0.2, -0.15) is 0 Å². The van der Waals surface area contributed by atoms with Crippen LogP contribution < -0.4 is 4.90 Å². The van der Waals surface area contributed by atoms with Crippen LogP contribution in [0.25, 0.3) is 16.5 Å². The third kappa shape index (κ3) is 3.63. The van der Waals surface area contributed by atoms with Crippen molar-refractivity contribution < 1.29 is 19.1 Å². The molecule has 1 aliphatic rings. The van der Waals surface area contributed by atoms with Gasteiger partial charge < -0.3 is 19.3 Å². The first kappa shape index (κ1) is 21.5. The maximum Gasteiger partial charge on any atom is 0.296 e. The van der Waals surface area contributed by atoms with Crippen molar-refractivity contribution in [1.82, 2.24) is 4.90 Å². The number of aliphatic hydroxyl groups is 1. The van der Waals surface area contributed by atoms with Gasteiger partial charge in [0.1, 0.15) is 11.5 Å². The maximum atomic E-state index is 13.3. The lowest BCUT2D eigenvalue weighted by Crippen LogP contribution is -2.29. The van der Waals surface area contributed by atoms with E-state index in [1.54, 1.807) is 18.2 Å². The molecule has 1 aromatic heterocycles. The first-order valence-corrected chi connectivity index (χ1v) is 11.0. The summed E-state index contributed by atoms with van der Waals surface area (Å²) >= 11 is 0. The lowest BCUT2D eigenvalue weighted by molar-refractivity contribution is -0.140. The number of nitrogens with zero attached hydrogens (tertiary/aromatic N) is 2. The minimum absolute atomic E-state index is 0.0745. The van der Waals surface area contributed by atoms with E-state index in [4.69, 9.17) is 4.42 Å². The van der Waals surface area contributed by atoms with Crippen LogP contribution in [-0.4, -0.2) is 35.8 Å². The van der Waals surface area contributed by atoms with Gasteiger partial charge in [0.05, 0.1) is 24.4 Å². The molecule has 1 aliphatic heterocycles. The molecular formula is C28H24N2O4. The highest BCUT2D eigenvalue weighted by atomic mass is 16.3. The molecule has 1 unspecified atom stereocenters. The van der Waals surface area contributed by atoms with Crippen LogP contribution >= 0.6 is 0 Å². The van der Waals surface area contributed by atoms with Crippen molar-refractivity contribution in [3.8, 4) is 0 Å². The molecule has 1 N–H and O–H groups in total. The van der Waals surface area contributed by atoms with Gasteiger partial charge in [0.25, 0.3) is 11.7 Å². The second kappa shape index (κ2) is 8.56. The quantitative estimate of drug-likeness (QED) is 0.258. The second-order valence-corrected chi connectivity index (χ2v) is 8.52. The monoisotopic (exact) mass is 452 g/mol. The number of aliphatic hydroxyl groups excluding tert-OH is 1. The number of ketones is 1. The van der Waals surface area contributed by atoms with Gasteiger partial charge in [-0.3, -0.25) is 9.59 Å². The van der Waals surface area contributed by atoms with Crippen LogP contribution in [-0.2, 0) is 16.1 Å². The van der Waals surface area contributed by atoms with E-state index in [9.17, 15) is 14.7 Å². The predicted octanol–water partition coefficient (Wildman–Crippen LogP) is 5.12. The average molecular weight is 453 g/mol. The minimum atomic E-state index is -0.750. The molecule has 1 fully saturated rings. The molecule has 2 heterocycles. The first-order chi connectivity index (χ1) is 16.5. The van der Waals surface area contributed by atoms with Crippen LogP contribution in [0.5, 0.6) is 0 Å². The van der Waals surface area contributed by atoms with Gasteiger partial charge >= 0.3 is 0 Å². The van der Waals surface area contributed by atoms with E-state index in [1.807, 2.05) is 79.7 Å². The number of anilines is 1. The summed E-state index contributed by atoms with van der Waals surface area (Å²) < 4.78 is 5.46. The zero-order valence-corrected chi connectivity index (χ0v) is 18.9. The summed E-state index contributed by atoms with van der Waals surface area (Å²) in [6.45, 7) is 0.115. The molecule has 1 saturated heterocycles. The molecule has 0 spiro atoms. The number of carbonyl (C=O) groups is 2. The minimum Gasteiger partial charge on any atom is -0.507 e. The van der Waals surface area contributed by atoms with Crippen molar-refractivity contribution >= 4 is 33.9 Å². The number of fused-ring (bicyclic) bond motifs is 1. The van der Waals surface area contributed by atoms with Crippen LogP contribution in [0.1, 0.15) is 22.9 Å². The highest BCUT2D eigenvalue weighted by Crippen LogP contribution is 2.41. The van der Waals surface area contributed by atoms with E-state index in [0.29, 0.717) is 11.3 Å². The lowest BCUT2D eigenvalue weighted by atomic mass is 9.93. The maximum absolute atomic E-state index is 13.3. The van der Waals surface area contributed by atoms with Gasteiger partial charge in [-0.25, -0.2) is 0 Å². The lowest BCUT2D eigenvalue weighted by Gasteiger charge is -2.25. The summed E-state index contributed by atoms with van der Waals surface area (Å²) in [5.41, 5.74) is 2.31. The largest absolute Gasteiger partial charge is 0.507 e. The van der Waals surface area contributed by atoms with Crippen molar-refractivity contribution in [3.63, 3.8) is 0 Å². The number of furan rings is 1. The molecule has 0 bridgehead atoms.